The van der Waals surface area contributed by atoms with Crippen LogP contribution in [0.1, 0.15) is 67.1 Å². The minimum absolute atomic E-state index is 0.0477. The van der Waals surface area contributed by atoms with Crippen molar-refractivity contribution in [3.8, 4) is 0 Å². The third-order valence-electron chi connectivity index (χ3n) is 5.03. The summed E-state index contributed by atoms with van der Waals surface area (Å²) in [5.41, 5.74) is 4.65. The number of aromatic nitrogens is 3. The minimum Gasteiger partial charge on any atom is -0.359 e. The topological polar surface area (TPSA) is 87.1 Å². The fourth-order valence-corrected chi connectivity index (χ4v) is 3.70. The predicted octanol–water partition coefficient (Wildman–Crippen LogP) is 4.03. The zero-order valence-electron chi connectivity index (χ0n) is 15.5. The average molecular weight is 345 g/mol. The number of urea groups is 1. The zero-order valence-corrected chi connectivity index (χ0v) is 15.5. The van der Waals surface area contributed by atoms with Gasteiger partial charge in [0.1, 0.15) is 11.4 Å². The van der Waals surface area contributed by atoms with Gasteiger partial charge in [0.25, 0.3) is 0 Å². The molecule has 2 aromatic heterocycles. The molecule has 2 aromatic rings. The van der Waals surface area contributed by atoms with Crippen LogP contribution < -0.4 is 5.32 Å². The van der Waals surface area contributed by atoms with Crippen LogP contribution in [0, 0.1) is 20.8 Å². The second kappa shape index (κ2) is 7.29. The number of carbonyl (C=O) groups is 1. The van der Waals surface area contributed by atoms with Crippen LogP contribution >= 0.6 is 0 Å². The number of nitrogens with zero attached hydrogens (tertiary/aromatic N) is 3. The Hall–Kier alpha value is -2.31. The highest BCUT2D eigenvalue weighted by atomic mass is 16.5. The maximum Gasteiger partial charge on any atom is 0.322 e. The molecule has 0 bridgehead atoms. The Morgan fingerprint density at radius 3 is 2.80 bits per heavy atom. The average Bonchev–Trinajstić information content (AvgIpc) is 3.00. The number of hydrogen-bond acceptors (Lipinski definition) is 4. The lowest BCUT2D eigenvalue weighted by Gasteiger charge is -2.30. The molecule has 0 saturated carbocycles. The summed E-state index contributed by atoms with van der Waals surface area (Å²) < 4.78 is 5.24. The van der Waals surface area contributed by atoms with E-state index in [2.05, 4.69) is 20.7 Å². The molecule has 1 atom stereocenters. The van der Waals surface area contributed by atoms with E-state index in [0.717, 1.165) is 61.3 Å². The second-order valence-electron chi connectivity index (χ2n) is 6.75. The van der Waals surface area contributed by atoms with Crippen LogP contribution in [0.5, 0.6) is 0 Å². The summed E-state index contributed by atoms with van der Waals surface area (Å²) in [5, 5.41) is 14.4. The molecule has 7 heteroatoms. The number of likely N-dealkylation sites (tertiary alicyclic amines) is 1. The summed E-state index contributed by atoms with van der Waals surface area (Å²) in [6.45, 7) is 8.59. The van der Waals surface area contributed by atoms with E-state index in [1.807, 2.05) is 32.6 Å². The van der Waals surface area contributed by atoms with E-state index in [1.54, 1.807) is 0 Å². The Kier molecular flexibility index (Phi) is 5.11. The van der Waals surface area contributed by atoms with Crippen molar-refractivity contribution < 1.29 is 9.32 Å². The molecule has 0 aliphatic carbocycles. The van der Waals surface area contributed by atoms with Gasteiger partial charge >= 0.3 is 6.03 Å². The first-order chi connectivity index (χ1) is 12.0. The van der Waals surface area contributed by atoms with Gasteiger partial charge in [0.2, 0.25) is 0 Å². The molecule has 7 nitrogen and oxygen atoms in total. The van der Waals surface area contributed by atoms with Crippen LogP contribution in [0.15, 0.2) is 4.52 Å². The number of carbonyl (C=O) groups excluding carboxylic acids is 1. The number of aromatic amines is 1. The van der Waals surface area contributed by atoms with Gasteiger partial charge in [0, 0.05) is 17.8 Å². The van der Waals surface area contributed by atoms with Crippen molar-refractivity contribution in [1.29, 1.82) is 0 Å². The summed E-state index contributed by atoms with van der Waals surface area (Å²) in [7, 11) is 0. The monoisotopic (exact) mass is 345 g/mol. The van der Waals surface area contributed by atoms with Crippen LogP contribution in [0.2, 0.25) is 0 Å². The standard InChI is InChI=1S/C18H27N5O2/c1-5-14-17(13(4)25-22-14)19-18(24)23-10-8-6-7-9-15(23)16-11(2)20-21-12(16)3/h15H,5-10H2,1-4H3,(H,19,24)(H,20,21)/t15-/m0/s1. The highest BCUT2D eigenvalue weighted by Crippen LogP contribution is 2.34. The maximum absolute atomic E-state index is 13.1. The van der Waals surface area contributed by atoms with Crippen LogP contribution in [-0.2, 0) is 6.42 Å². The van der Waals surface area contributed by atoms with E-state index in [-0.39, 0.29) is 12.1 Å². The lowest BCUT2D eigenvalue weighted by molar-refractivity contribution is 0.189. The summed E-state index contributed by atoms with van der Waals surface area (Å²) in [4.78, 5) is 15.0. The molecule has 1 fully saturated rings. The quantitative estimate of drug-likeness (QED) is 0.879. The Labute approximate surface area is 148 Å². The number of rotatable bonds is 3. The molecule has 136 valence electrons. The fourth-order valence-electron chi connectivity index (χ4n) is 3.70. The number of hydrogen-bond donors (Lipinski definition) is 2. The molecular weight excluding hydrogens is 318 g/mol. The van der Waals surface area contributed by atoms with Crippen LogP contribution in [0.4, 0.5) is 10.5 Å². The third-order valence-corrected chi connectivity index (χ3v) is 5.03. The summed E-state index contributed by atoms with van der Waals surface area (Å²) in [5.74, 6) is 0.646. The van der Waals surface area contributed by atoms with E-state index in [1.165, 1.54) is 0 Å². The third kappa shape index (κ3) is 3.41. The van der Waals surface area contributed by atoms with Crippen LogP contribution in [0.25, 0.3) is 0 Å². The lowest BCUT2D eigenvalue weighted by Crippen LogP contribution is -2.38. The number of nitrogens with one attached hydrogen (secondary N) is 2. The van der Waals surface area contributed by atoms with Crippen molar-refractivity contribution in [3.63, 3.8) is 0 Å². The summed E-state index contributed by atoms with van der Waals surface area (Å²) in [6.07, 6.45) is 4.95. The zero-order chi connectivity index (χ0) is 18.0. The first-order valence-electron chi connectivity index (χ1n) is 9.07. The van der Waals surface area contributed by atoms with Gasteiger partial charge in [-0.3, -0.25) is 5.10 Å². The highest BCUT2D eigenvalue weighted by molar-refractivity contribution is 5.90. The number of H-pyrrole nitrogens is 1. The molecule has 0 spiro atoms. The van der Waals surface area contributed by atoms with Crippen molar-refractivity contribution in [2.24, 2.45) is 0 Å². The van der Waals surface area contributed by atoms with Crippen molar-refractivity contribution >= 4 is 11.7 Å². The molecule has 3 heterocycles. The molecular formula is C18H27N5O2. The van der Waals surface area contributed by atoms with Crippen LogP contribution in [-0.4, -0.2) is 32.8 Å². The fraction of sp³-hybridized carbons (Fsp3) is 0.611. The Bertz CT molecular complexity index is 729. The second-order valence-corrected chi connectivity index (χ2v) is 6.75. The lowest BCUT2D eigenvalue weighted by atomic mass is 9.99. The van der Waals surface area contributed by atoms with E-state index in [4.69, 9.17) is 4.52 Å². The van der Waals surface area contributed by atoms with Crippen molar-refractivity contribution in [3.05, 3.63) is 28.4 Å². The van der Waals surface area contributed by atoms with Gasteiger partial charge in [-0.2, -0.15) is 5.10 Å². The molecule has 0 aromatic carbocycles. The molecule has 25 heavy (non-hydrogen) atoms. The molecule has 1 saturated heterocycles. The number of amides is 2. The maximum atomic E-state index is 13.1. The normalized spacial score (nSPS) is 18.2. The number of anilines is 1. The summed E-state index contributed by atoms with van der Waals surface area (Å²) >= 11 is 0. The van der Waals surface area contributed by atoms with E-state index in [0.29, 0.717) is 11.4 Å². The Morgan fingerprint density at radius 1 is 1.32 bits per heavy atom. The van der Waals surface area contributed by atoms with Crippen molar-refractivity contribution in [2.75, 3.05) is 11.9 Å². The molecule has 0 unspecified atom stereocenters. The molecule has 2 amide bonds. The van der Waals surface area contributed by atoms with Gasteiger partial charge in [-0.05, 0) is 40.0 Å². The number of aryl methyl sites for hydroxylation is 4. The largest absolute Gasteiger partial charge is 0.359 e. The van der Waals surface area contributed by atoms with Crippen molar-refractivity contribution in [1.82, 2.24) is 20.3 Å². The predicted molar refractivity (Wildman–Crippen MR) is 95.6 cm³/mol. The molecule has 1 aliphatic heterocycles. The van der Waals surface area contributed by atoms with Gasteiger partial charge in [-0.1, -0.05) is 24.9 Å². The Morgan fingerprint density at radius 2 is 2.12 bits per heavy atom. The summed E-state index contributed by atoms with van der Waals surface area (Å²) in [6, 6.07) is -0.0422. The van der Waals surface area contributed by atoms with E-state index >= 15 is 0 Å². The van der Waals surface area contributed by atoms with Gasteiger partial charge in [-0.25, -0.2) is 4.79 Å². The molecule has 3 rings (SSSR count). The molecule has 1 aliphatic rings. The van der Waals surface area contributed by atoms with E-state index in [9.17, 15) is 4.79 Å². The SMILES string of the molecule is CCc1noc(C)c1NC(=O)N1CCCCC[C@H]1c1c(C)n[nH]c1C. The van der Waals surface area contributed by atoms with Gasteiger partial charge in [0.05, 0.1) is 11.7 Å². The van der Waals surface area contributed by atoms with Gasteiger partial charge < -0.3 is 14.7 Å². The molecule has 0 radical (unpaired) electrons. The first kappa shape index (κ1) is 17.5. The van der Waals surface area contributed by atoms with Crippen molar-refractivity contribution in [2.45, 2.75) is 65.8 Å². The van der Waals surface area contributed by atoms with Gasteiger partial charge in [0.15, 0.2) is 5.76 Å². The smallest absolute Gasteiger partial charge is 0.322 e. The van der Waals surface area contributed by atoms with Crippen LogP contribution in [0.3, 0.4) is 0 Å². The van der Waals surface area contributed by atoms with E-state index < -0.39 is 0 Å². The minimum atomic E-state index is -0.0899. The Balaban J connectivity index is 1.88. The molecule has 2 N–H and O–H groups in total. The van der Waals surface area contributed by atoms with Gasteiger partial charge in [-0.15, -0.1) is 0 Å². The highest BCUT2D eigenvalue weighted by Gasteiger charge is 2.31. The first-order valence-corrected chi connectivity index (χ1v) is 9.07.